The van der Waals surface area contributed by atoms with E-state index in [1.54, 1.807) is 0 Å². The minimum atomic E-state index is -3.24. The fourth-order valence-electron chi connectivity index (χ4n) is 8.31. The second kappa shape index (κ2) is 11.9. The van der Waals surface area contributed by atoms with Crippen LogP contribution in [0, 0.1) is 29.8 Å². The quantitative estimate of drug-likeness (QED) is 0.127. The van der Waals surface area contributed by atoms with Gasteiger partial charge in [-0.05, 0) is 75.2 Å². The van der Waals surface area contributed by atoms with Crippen LogP contribution in [0.2, 0.25) is 5.02 Å². The average molecular weight is 684 g/mol. The third-order valence-corrected chi connectivity index (χ3v) is 10.8. The molecule has 4 aliphatic rings. The molecule has 2 unspecified atom stereocenters. The van der Waals surface area contributed by atoms with Crippen LogP contribution in [0.5, 0.6) is 11.8 Å². The third kappa shape index (κ3) is 5.09. The highest BCUT2D eigenvalue weighted by Gasteiger charge is 2.45. The van der Waals surface area contributed by atoms with Crippen molar-refractivity contribution in [2.75, 3.05) is 37.7 Å². The Kier molecular flexibility index (Phi) is 7.77. The molecule has 1 aromatic heterocycles. The van der Waals surface area contributed by atoms with Crippen LogP contribution in [0.3, 0.4) is 0 Å². The second-order valence-electron chi connectivity index (χ2n) is 13.1. The maximum atomic E-state index is 17.1. The molecule has 5 heterocycles. The summed E-state index contributed by atoms with van der Waals surface area (Å²) < 4.78 is 86.3. The first-order chi connectivity index (χ1) is 23.2. The summed E-state index contributed by atoms with van der Waals surface area (Å²) in [4.78, 5) is 13.6. The van der Waals surface area contributed by atoms with Crippen molar-refractivity contribution in [2.24, 2.45) is 0 Å². The van der Waals surface area contributed by atoms with Gasteiger partial charge < -0.3 is 19.7 Å². The predicted octanol–water partition coefficient (Wildman–Crippen LogP) is 7.05. The number of halogens is 6. The largest absolute Gasteiger partial charge is 0.461 e. The molecule has 4 aromatic rings. The van der Waals surface area contributed by atoms with Gasteiger partial charge in [-0.3, -0.25) is 4.90 Å². The predicted molar refractivity (Wildman–Crippen MR) is 172 cm³/mol. The van der Waals surface area contributed by atoms with Crippen molar-refractivity contribution in [3.05, 3.63) is 52.3 Å². The molecule has 4 fully saturated rings. The number of alkyl halides is 2. The number of rotatable bonds is 7. The van der Waals surface area contributed by atoms with Gasteiger partial charge in [0, 0.05) is 36.1 Å². The number of nitrogens with zero attached hydrogens (tertiary/aromatic N) is 4. The van der Waals surface area contributed by atoms with E-state index in [9.17, 15) is 13.2 Å². The Labute approximate surface area is 278 Å². The number of benzene rings is 3. The van der Waals surface area contributed by atoms with Gasteiger partial charge in [-0.25, -0.2) is 13.2 Å². The van der Waals surface area contributed by atoms with Crippen molar-refractivity contribution in [3.63, 3.8) is 0 Å². The molecule has 8 rings (SSSR count). The molecule has 7 nitrogen and oxygen atoms in total. The van der Waals surface area contributed by atoms with Gasteiger partial charge in [0.2, 0.25) is 0 Å². The normalized spacial score (nSPS) is 21.8. The smallest absolute Gasteiger partial charge is 0.387 e. The molecule has 0 radical (unpaired) electrons. The molecule has 4 aliphatic heterocycles. The minimum absolute atomic E-state index is 0.0433. The zero-order valence-electron chi connectivity index (χ0n) is 25.8. The first-order valence-electron chi connectivity index (χ1n) is 16.1. The maximum absolute atomic E-state index is 17.1. The highest BCUT2D eigenvalue weighted by atomic mass is 35.5. The minimum Gasteiger partial charge on any atom is -0.461 e. The van der Waals surface area contributed by atoms with Crippen LogP contribution in [-0.2, 0) is 0 Å². The topological polar surface area (TPSA) is 62.8 Å². The molecule has 13 heteroatoms. The number of aromatic nitrogens is 2. The standard InChI is InChI=1S/C35H31ClF5N5O2/c1-2-22-24(37)8-5-18-13-21(48-33(40)41)14-23(25(18)22)26-29(38)28(36)27-31(30(26)39)43-34(47-17-35-9-3-11-46(35)12-4-10-35)44-32(27)45-15-19-6-7-20(16-45)42-19/h1,5,8,13-14,19-20,33,42H,3-4,6-7,9-12,15-17H2. The number of nitrogens with one attached hydrogen (secondary N) is 1. The molecule has 2 bridgehead atoms. The molecule has 0 aliphatic carbocycles. The van der Waals surface area contributed by atoms with Gasteiger partial charge in [-0.15, -0.1) is 6.42 Å². The molecule has 0 amide bonds. The number of anilines is 1. The fourth-order valence-corrected chi connectivity index (χ4v) is 8.57. The molecular formula is C35H31ClF5N5O2. The van der Waals surface area contributed by atoms with E-state index in [2.05, 4.69) is 25.9 Å². The van der Waals surface area contributed by atoms with E-state index in [0.29, 0.717) is 19.7 Å². The Bertz CT molecular complexity index is 1980. The van der Waals surface area contributed by atoms with E-state index in [1.165, 1.54) is 12.1 Å². The van der Waals surface area contributed by atoms with Crippen LogP contribution in [0.25, 0.3) is 32.8 Å². The van der Waals surface area contributed by atoms with E-state index >= 15 is 8.78 Å². The molecule has 2 atom stereocenters. The molecule has 3 aromatic carbocycles. The number of piperazine rings is 1. The SMILES string of the molecule is C#Cc1c(F)ccc2cc(OC(F)F)cc(-c3c(F)c(Cl)c4c(N5CC6CCC(C5)N6)nc(OCC56CCCN5CCC6)nc4c3F)c12. The zero-order valence-corrected chi connectivity index (χ0v) is 26.5. The molecule has 0 saturated carbocycles. The molecule has 4 saturated heterocycles. The van der Waals surface area contributed by atoms with Gasteiger partial charge >= 0.3 is 12.6 Å². The summed E-state index contributed by atoms with van der Waals surface area (Å²) >= 11 is 6.77. The van der Waals surface area contributed by atoms with E-state index in [1.807, 2.05) is 4.90 Å². The number of hydrogen-bond acceptors (Lipinski definition) is 7. The summed E-state index contributed by atoms with van der Waals surface area (Å²) in [6, 6.07) is 4.76. The first kappa shape index (κ1) is 31.4. The Hall–Kier alpha value is -3.92. The summed E-state index contributed by atoms with van der Waals surface area (Å²) in [6.45, 7) is 0.0827. The Morgan fingerprint density at radius 1 is 1.02 bits per heavy atom. The summed E-state index contributed by atoms with van der Waals surface area (Å²) in [6.07, 6.45) is 11.6. The van der Waals surface area contributed by atoms with E-state index in [0.717, 1.165) is 63.7 Å². The molecule has 0 spiro atoms. The lowest BCUT2D eigenvalue weighted by Crippen LogP contribution is -2.51. The van der Waals surface area contributed by atoms with Gasteiger partial charge in [0.05, 0.1) is 27.1 Å². The molecular weight excluding hydrogens is 653 g/mol. The van der Waals surface area contributed by atoms with E-state index in [-0.39, 0.29) is 62.3 Å². The Morgan fingerprint density at radius 3 is 2.44 bits per heavy atom. The van der Waals surface area contributed by atoms with Crippen LogP contribution < -0.4 is 19.7 Å². The number of hydrogen-bond donors (Lipinski definition) is 1. The second-order valence-corrected chi connectivity index (χ2v) is 13.5. The van der Waals surface area contributed by atoms with Crippen LogP contribution in [0.1, 0.15) is 44.1 Å². The summed E-state index contributed by atoms with van der Waals surface area (Å²) in [5, 5.41) is 3.09. The van der Waals surface area contributed by atoms with Crippen molar-refractivity contribution in [2.45, 2.75) is 62.8 Å². The molecule has 1 N–H and O–H groups in total. The molecule has 250 valence electrons. The van der Waals surface area contributed by atoms with Gasteiger partial charge in [0.15, 0.2) is 11.6 Å². The summed E-state index contributed by atoms with van der Waals surface area (Å²) in [5.41, 5.74) is -1.81. The van der Waals surface area contributed by atoms with Gasteiger partial charge in [-0.2, -0.15) is 18.7 Å². The lowest BCUT2D eigenvalue weighted by atomic mass is 9.92. The van der Waals surface area contributed by atoms with Crippen LogP contribution in [0.15, 0.2) is 24.3 Å². The lowest BCUT2D eigenvalue weighted by Gasteiger charge is -2.35. The number of fused-ring (bicyclic) bond motifs is 5. The summed E-state index contributed by atoms with van der Waals surface area (Å²) in [7, 11) is 0. The molecule has 48 heavy (non-hydrogen) atoms. The zero-order chi connectivity index (χ0) is 33.3. The van der Waals surface area contributed by atoms with Crippen LogP contribution in [0.4, 0.5) is 27.8 Å². The fraction of sp³-hybridized carbons (Fsp3) is 0.429. The van der Waals surface area contributed by atoms with Crippen molar-refractivity contribution < 1.29 is 31.4 Å². The van der Waals surface area contributed by atoms with E-state index in [4.69, 9.17) is 27.7 Å². The van der Waals surface area contributed by atoms with Gasteiger partial charge in [0.1, 0.15) is 29.5 Å². The maximum Gasteiger partial charge on any atom is 0.387 e. The van der Waals surface area contributed by atoms with Gasteiger partial charge in [-0.1, -0.05) is 23.6 Å². The van der Waals surface area contributed by atoms with Gasteiger partial charge in [0.25, 0.3) is 0 Å². The number of ether oxygens (including phenoxy) is 2. The van der Waals surface area contributed by atoms with Crippen LogP contribution in [-0.4, -0.2) is 71.9 Å². The third-order valence-electron chi connectivity index (χ3n) is 10.4. The Morgan fingerprint density at radius 2 is 1.75 bits per heavy atom. The lowest BCUT2D eigenvalue weighted by molar-refractivity contribution is -0.0497. The summed E-state index contributed by atoms with van der Waals surface area (Å²) in [5.74, 6) is -1.12. The van der Waals surface area contributed by atoms with Crippen LogP contribution >= 0.6 is 11.6 Å². The van der Waals surface area contributed by atoms with Crippen molar-refractivity contribution in [1.29, 1.82) is 0 Å². The average Bonchev–Trinajstić information content (AvgIpc) is 3.75. The monoisotopic (exact) mass is 683 g/mol. The van der Waals surface area contributed by atoms with Crippen molar-refractivity contribution in [3.8, 4) is 35.2 Å². The van der Waals surface area contributed by atoms with Crippen molar-refractivity contribution >= 4 is 39.1 Å². The number of terminal acetylenes is 1. The highest BCUT2D eigenvalue weighted by molar-refractivity contribution is 6.37. The highest BCUT2D eigenvalue weighted by Crippen LogP contribution is 2.46. The van der Waals surface area contributed by atoms with E-state index < -0.39 is 40.4 Å². The Balaban J connectivity index is 1.35. The first-order valence-corrected chi connectivity index (χ1v) is 16.5. The van der Waals surface area contributed by atoms with Crippen molar-refractivity contribution in [1.82, 2.24) is 20.2 Å².